The van der Waals surface area contributed by atoms with Gasteiger partial charge in [-0.1, -0.05) is 24.3 Å². The van der Waals surface area contributed by atoms with Gasteiger partial charge in [-0.05, 0) is 37.1 Å². The van der Waals surface area contributed by atoms with Crippen LogP contribution in [-0.4, -0.2) is 24.8 Å². The van der Waals surface area contributed by atoms with Crippen LogP contribution in [0.1, 0.15) is 40.0 Å². The van der Waals surface area contributed by atoms with Gasteiger partial charge in [-0.2, -0.15) is 0 Å². The maximum Gasteiger partial charge on any atom is 0.343 e. The summed E-state index contributed by atoms with van der Waals surface area (Å²) < 4.78 is 16.8. The molecule has 3 rings (SSSR count). The van der Waals surface area contributed by atoms with Gasteiger partial charge in [0, 0.05) is 6.42 Å². The third-order valence-corrected chi connectivity index (χ3v) is 3.84. The molecule has 2 aromatic carbocycles. The molecule has 130 valence electrons. The molecule has 1 aliphatic rings. The number of benzene rings is 2. The smallest absolute Gasteiger partial charge is 0.343 e. The number of carbonyl (C=O) groups is 2. The van der Waals surface area contributed by atoms with Gasteiger partial charge in [0.25, 0.3) is 5.91 Å². The summed E-state index contributed by atoms with van der Waals surface area (Å²) in [6.07, 6.45) is 2.12. The average Bonchev–Trinajstić information content (AvgIpc) is 2.64. The lowest BCUT2D eigenvalue weighted by molar-refractivity contribution is -0.106. The predicted octanol–water partition coefficient (Wildman–Crippen LogP) is 2.91. The Morgan fingerprint density at radius 2 is 1.84 bits per heavy atom. The van der Waals surface area contributed by atoms with Gasteiger partial charge < -0.3 is 19.9 Å². The van der Waals surface area contributed by atoms with Crippen LogP contribution in [-0.2, 0) is 4.74 Å². The molecule has 1 aliphatic heterocycles. The number of esters is 1. The fraction of sp³-hybridized carbons (Fsp3) is 0.263. The van der Waals surface area contributed by atoms with Crippen LogP contribution in [0, 0.1) is 0 Å². The summed E-state index contributed by atoms with van der Waals surface area (Å²) in [4.78, 5) is 24.0. The molecule has 1 saturated heterocycles. The summed E-state index contributed by atoms with van der Waals surface area (Å²) in [5.41, 5.74) is 5.97. The lowest BCUT2D eigenvalue weighted by Gasteiger charge is -2.25. The lowest BCUT2D eigenvalue weighted by Crippen LogP contribution is -2.27. The fourth-order valence-corrected chi connectivity index (χ4v) is 2.58. The highest BCUT2D eigenvalue weighted by atomic mass is 16.7. The van der Waals surface area contributed by atoms with Crippen molar-refractivity contribution < 1.29 is 23.8 Å². The fourth-order valence-electron chi connectivity index (χ4n) is 2.58. The molecule has 1 heterocycles. The number of ether oxygens (including phenoxy) is 3. The molecule has 1 atom stereocenters. The first-order valence-electron chi connectivity index (χ1n) is 8.13. The van der Waals surface area contributed by atoms with E-state index in [1.54, 1.807) is 42.5 Å². The standard InChI is InChI=1S/C19H19NO5/c20-18(21)14-9-6-10-15(17(14)25-16-11-4-5-12-23-16)24-19(22)13-7-2-1-3-8-13/h1-3,6-10,16H,4-5,11-12H2,(H2,20,21). The van der Waals surface area contributed by atoms with E-state index in [-0.39, 0.29) is 17.1 Å². The summed E-state index contributed by atoms with van der Waals surface area (Å²) in [6, 6.07) is 13.2. The summed E-state index contributed by atoms with van der Waals surface area (Å²) in [5, 5.41) is 0. The minimum absolute atomic E-state index is 0.131. The first-order valence-corrected chi connectivity index (χ1v) is 8.13. The van der Waals surface area contributed by atoms with Crippen molar-refractivity contribution in [2.24, 2.45) is 5.73 Å². The molecule has 1 unspecified atom stereocenters. The molecule has 6 heteroatoms. The Hall–Kier alpha value is -2.86. The van der Waals surface area contributed by atoms with Gasteiger partial charge in [-0.3, -0.25) is 4.79 Å². The van der Waals surface area contributed by atoms with E-state index in [1.165, 1.54) is 6.07 Å². The van der Waals surface area contributed by atoms with Gasteiger partial charge in [0.15, 0.2) is 17.8 Å². The van der Waals surface area contributed by atoms with Gasteiger partial charge in [-0.15, -0.1) is 0 Å². The zero-order valence-electron chi connectivity index (χ0n) is 13.6. The Bertz CT molecular complexity index is 754. The summed E-state index contributed by atoms with van der Waals surface area (Å²) in [5.74, 6) is -0.939. The Morgan fingerprint density at radius 3 is 2.52 bits per heavy atom. The highest BCUT2D eigenvalue weighted by molar-refractivity contribution is 5.97. The monoisotopic (exact) mass is 341 g/mol. The minimum atomic E-state index is -0.664. The quantitative estimate of drug-likeness (QED) is 0.667. The molecule has 2 aromatic rings. The van der Waals surface area contributed by atoms with E-state index in [0.29, 0.717) is 18.6 Å². The van der Waals surface area contributed by atoms with E-state index in [9.17, 15) is 9.59 Å². The second-order valence-corrected chi connectivity index (χ2v) is 5.67. The normalized spacial score (nSPS) is 16.9. The van der Waals surface area contributed by atoms with Gasteiger partial charge in [0.05, 0.1) is 17.7 Å². The number of nitrogens with two attached hydrogens (primary N) is 1. The van der Waals surface area contributed by atoms with Crippen molar-refractivity contribution >= 4 is 11.9 Å². The molecule has 25 heavy (non-hydrogen) atoms. The van der Waals surface area contributed by atoms with Crippen LogP contribution in [0.4, 0.5) is 0 Å². The molecular formula is C19H19NO5. The number of primary amides is 1. The van der Waals surface area contributed by atoms with Crippen LogP contribution >= 0.6 is 0 Å². The number of rotatable bonds is 5. The van der Waals surface area contributed by atoms with Crippen molar-refractivity contribution in [2.75, 3.05) is 6.61 Å². The maximum atomic E-state index is 12.3. The summed E-state index contributed by atoms with van der Waals surface area (Å²) in [7, 11) is 0. The number of para-hydroxylation sites is 1. The van der Waals surface area contributed by atoms with Crippen LogP contribution in [0.3, 0.4) is 0 Å². The van der Waals surface area contributed by atoms with Gasteiger partial charge in [-0.25, -0.2) is 4.79 Å². The molecule has 2 N–H and O–H groups in total. The molecular weight excluding hydrogens is 322 g/mol. The lowest BCUT2D eigenvalue weighted by atomic mass is 10.1. The molecule has 0 aromatic heterocycles. The van der Waals surface area contributed by atoms with Crippen LogP contribution in [0.25, 0.3) is 0 Å². The third kappa shape index (κ3) is 4.16. The topological polar surface area (TPSA) is 87.9 Å². The van der Waals surface area contributed by atoms with Crippen molar-refractivity contribution in [3.05, 3.63) is 59.7 Å². The zero-order valence-corrected chi connectivity index (χ0v) is 13.6. The predicted molar refractivity (Wildman–Crippen MR) is 90.6 cm³/mol. The van der Waals surface area contributed by atoms with Crippen LogP contribution in [0.2, 0.25) is 0 Å². The van der Waals surface area contributed by atoms with E-state index in [2.05, 4.69) is 0 Å². The molecule has 0 saturated carbocycles. The Morgan fingerprint density at radius 1 is 1.04 bits per heavy atom. The Kier molecular flexibility index (Phi) is 5.30. The molecule has 0 aliphatic carbocycles. The van der Waals surface area contributed by atoms with E-state index in [0.717, 1.165) is 12.8 Å². The van der Waals surface area contributed by atoms with Crippen molar-refractivity contribution in [1.82, 2.24) is 0 Å². The minimum Gasteiger partial charge on any atom is -0.460 e. The molecule has 0 bridgehead atoms. The highest BCUT2D eigenvalue weighted by Crippen LogP contribution is 2.34. The number of carbonyl (C=O) groups excluding carboxylic acids is 2. The van der Waals surface area contributed by atoms with E-state index in [4.69, 9.17) is 19.9 Å². The molecule has 1 amide bonds. The summed E-state index contributed by atoms with van der Waals surface area (Å²) >= 11 is 0. The van der Waals surface area contributed by atoms with Crippen molar-refractivity contribution in [2.45, 2.75) is 25.6 Å². The Labute approximate surface area is 145 Å². The molecule has 6 nitrogen and oxygen atoms in total. The van der Waals surface area contributed by atoms with Gasteiger partial charge >= 0.3 is 5.97 Å². The largest absolute Gasteiger partial charge is 0.460 e. The molecule has 0 radical (unpaired) electrons. The summed E-state index contributed by atoms with van der Waals surface area (Å²) in [6.45, 7) is 0.586. The third-order valence-electron chi connectivity index (χ3n) is 3.84. The van der Waals surface area contributed by atoms with Crippen molar-refractivity contribution in [3.63, 3.8) is 0 Å². The van der Waals surface area contributed by atoms with Crippen LogP contribution < -0.4 is 15.2 Å². The van der Waals surface area contributed by atoms with Gasteiger partial charge in [0.2, 0.25) is 0 Å². The second kappa shape index (κ2) is 7.81. The van der Waals surface area contributed by atoms with E-state index < -0.39 is 18.2 Å². The van der Waals surface area contributed by atoms with Crippen LogP contribution in [0.5, 0.6) is 11.5 Å². The first kappa shape index (κ1) is 17.0. The number of amides is 1. The van der Waals surface area contributed by atoms with Crippen LogP contribution in [0.15, 0.2) is 48.5 Å². The zero-order chi connectivity index (χ0) is 17.6. The van der Waals surface area contributed by atoms with Gasteiger partial charge in [0.1, 0.15) is 0 Å². The highest BCUT2D eigenvalue weighted by Gasteiger charge is 2.23. The van der Waals surface area contributed by atoms with Crippen molar-refractivity contribution in [1.29, 1.82) is 0 Å². The first-order chi connectivity index (χ1) is 12.1. The number of hydrogen-bond donors (Lipinski definition) is 1. The number of hydrogen-bond acceptors (Lipinski definition) is 5. The molecule has 0 spiro atoms. The molecule has 1 fully saturated rings. The van der Waals surface area contributed by atoms with E-state index in [1.807, 2.05) is 0 Å². The maximum absolute atomic E-state index is 12.3. The Balaban J connectivity index is 1.88. The average molecular weight is 341 g/mol. The van der Waals surface area contributed by atoms with Crippen molar-refractivity contribution in [3.8, 4) is 11.5 Å². The van der Waals surface area contributed by atoms with E-state index >= 15 is 0 Å². The SMILES string of the molecule is NC(=O)c1cccc(OC(=O)c2ccccc2)c1OC1CCCCO1. The second-order valence-electron chi connectivity index (χ2n) is 5.67.